The number of fused-ring (bicyclic) bond motifs is 12. The summed E-state index contributed by atoms with van der Waals surface area (Å²) < 4.78 is 9.59. The quantitative estimate of drug-likeness (QED) is 0.152. The van der Waals surface area contributed by atoms with Gasteiger partial charge in [-0.15, -0.1) is 0 Å². The molecule has 0 aliphatic heterocycles. The van der Waals surface area contributed by atoms with Gasteiger partial charge in [-0.2, -0.15) is 10.5 Å². The molecule has 0 spiro atoms. The monoisotopic (exact) mass is 1170 g/mol. The number of para-hydroxylation sites is 8. The van der Waals surface area contributed by atoms with Gasteiger partial charge in [0.1, 0.15) is 0 Å². The SMILES string of the molecule is N#Cc1ccc(-c2cccc(-c3cc(-n4c5ccccc5c5ccccc54)cc(-n4c5ccccc5c5ccccc54)c3)c2)cc1.N#Cc1cccc(-c2cccc(-c3cc(-n4c5ccccc5c5ccccc54)cc(-n4c5ccccc5c5ccccc54)c3)c2)c1. The van der Waals surface area contributed by atoms with E-state index in [0.717, 1.165) is 67.3 Å². The maximum atomic E-state index is 9.53. The summed E-state index contributed by atoms with van der Waals surface area (Å²) in [5, 5.41) is 28.8. The third-order valence-corrected chi connectivity index (χ3v) is 18.2. The highest BCUT2D eigenvalue weighted by atomic mass is 15.0. The first kappa shape index (κ1) is 53.5. The molecule has 0 bridgehead atoms. The van der Waals surface area contributed by atoms with Crippen LogP contribution in [0, 0.1) is 22.7 Å². The molecule has 18 rings (SSSR count). The Balaban J connectivity index is 0.000000141. The minimum Gasteiger partial charge on any atom is -0.309 e. The zero-order chi connectivity index (χ0) is 61.2. The lowest BCUT2D eigenvalue weighted by molar-refractivity contribution is 1.13. The van der Waals surface area contributed by atoms with Gasteiger partial charge in [-0.05, 0) is 166 Å². The third kappa shape index (κ3) is 9.01. The molecule has 92 heavy (non-hydrogen) atoms. The van der Waals surface area contributed by atoms with E-state index in [0.29, 0.717) is 11.1 Å². The normalized spacial score (nSPS) is 11.5. The van der Waals surface area contributed by atoms with Gasteiger partial charge in [0, 0.05) is 65.8 Å². The van der Waals surface area contributed by atoms with E-state index >= 15 is 0 Å². The summed E-state index contributed by atoms with van der Waals surface area (Å²) in [7, 11) is 0. The second-order valence-corrected chi connectivity index (χ2v) is 23.5. The fraction of sp³-hybridized carbons (Fsp3) is 0. The van der Waals surface area contributed by atoms with E-state index in [2.05, 4.69) is 316 Å². The number of hydrogen-bond acceptors (Lipinski definition) is 2. The molecular formula is C86H54N6. The highest BCUT2D eigenvalue weighted by molar-refractivity contribution is 6.13. The van der Waals surface area contributed by atoms with Crippen molar-refractivity contribution in [2.45, 2.75) is 0 Å². The van der Waals surface area contributed by atoms with Gasteiger partial charge in [-0.1, -0.05) is 206 Å². The molecule has 0 fully saturated rings. The first-order chi connectivity index (χ1) is 45.5. The molecule has 0 radical (unpaired) electrons. The van der Waals surface area contributed by atoms with Crippen molar-refractivity contribution in [3.63, 3.8) is 0 Å². The Hall–Kier alpha value is -12.7. The van der Waals surface area contributed by atoms with Gasteiger partial charge < -0.3 is 18.3 Å². The minimum atomic E-state index is 0.657. The van der Waals surface area contributed by atoms with Crippen LogP contribution in [0.25, 0.3) is 154 Å². The molecule has 6 nitrogen and oxygen atoms in total. The molecule has 6 heteroatoms. The molecule has 14 aromatic carbocycles. The van der Waals surface area contributed by atoms with Crippen LogP contribution in [0.15, 0.2) is 328 Å². The smallest absolute Gasteiger partial charge is 0.0991 e. The second kappa shape index (κ2) is 22.1. The average molecular weight is 1170 g/mol. The van der Waals surface area contributed by atoms with Crippen LogP contribution in [-0.2, 0) is 0 Å². The first-order valence-corrected chi connectivity index (χ1v) is 31.0. The summed E-state index contributed by atoms with van der Waals surface area (Å²) in [6.45, 7) is 0. The molecule has 0 aliphatic carbocycles. The lowest BCUT2D eigenvalue weighted by Crippen LogP contribution is -2.00. The van der Waals surface area contributed by atoms with Crippen molar-refractivity contribution < 1.29 is 0 Å². The topological polar surface area (TPSA) is 67.3 Å². The zero-order valence-corrected chi connectivity index (χ0v) is 49.9. The lowest BCUT2D eigenvalue weighted by atomic mass is 9.97. The average Bonchev–Trinajstić information content (AvgIpc) is 1.59. The van der Waals surface area contributed by atoms with Gasteiger partial charge in [-0.3, -0.25) is 0 Å². The molecule has 0 unspecified atom stereocenters. The van der Waals surface area contributed by atoms with Gasteiger partial charge in [0.2, 0.25) is 0 Å². The van der Waals surface area contributed by atoms with E-state index in [9.17, 15) is 10.5 Å². The number of hydrogen-bond donors (Lipinski definition) is 0. The van der Waals surface area contributed by atoms with E-state index in [1.165, 1.54) is 87.2 Å². The molecule has 4 heterocycles. The van der Waals surface area contributed by atoms with Crippen LogP contribution in [-0.4, -0.2) is 18.3 Å². The van der Waals surface area contributed by atoms with Crippen LogP contribution in [0.4, 0.5) is 0 Å². The van der Waals surface area contributed by atoms with Crippen LogP contribution < -0.4 is 0 Å². The summed E-state index contributed by atoms with van der Waals surface area (Å²) in [4.78, 5) is 0. The number of rotatable bonds is 8. The predicted molar refractivity (Wildman–Crippen MR) is 381 cm³/mol. The van der Waals surface area contributed by atoms with Crippen molar-refractivity contribution in [1.29, 1.82) is 10.5 Å². The Labute approximate surface area is 531 Å². The number of nitriles is 2. The Morgan fingerprint density at radius 1 is 0.174 bits per heavy atom. The molecule has 0 aliphatic rings. The highest BCUT2D eigenvalue weighted by Gasteiger charge is 2.20. The predicted octanol–water partition coefficient (Wildman–Crippen LogP) is 22.2. The first-order valence-electron chi connectivity index (χ1n) is 31.0. The Bertz CT molecular complexity index is 5580. The van der Waals surface area contributed by atoms with E-state index in [4.69, 9.17) is 0 Å². The van der Waals surface area contributed by atoms with Crippen LogP contribution >= 0.6 is 0 Å². The van der Waals surface area contributed by atoms with Gasteiger partial charge in [0.05, 0.1) is 67.4 Å². The minimum absolute atomic E-state index is 0.657. The summed E-state index contributed by atoms with van der Waals surface area (Å²) in [5.74, 6) is 0. The molecule has 428 valence electrons. The van der Waals surface area contributed by atoms with Crippen LogP contribution in [0.3, 0.4) is 0 Å². The molecule has 0 N–H and O–H groups in total. The standard InChI is InChI=1S/2C43H27N3/c44-28-29-11-9-12-30(23-29)31-13-10-14-32(24-31)33-25-34(45-40-19-5-1-15-36(40)37-16-2-6-20-41(37)45)27-35(26-33)46-42-21-7-3-17-38(42)39-18-4-8-22-43(39)46;44-28-29-20-22-30(23-21-29)31-10-9-11-32(24-31)33-25-34(45-40-16-5-1-12-36(40)37-13-2-6-17-41(37)45)27-35(26-33)46-42-18-7-3-14-38(42)39-15-4-8-19-43(39)46/h2*1-27H. The fourth-order valence-electron chi connectivity index (χ4n) is 14.1. The summed E-state index contributed by atoms with van der Waals surface area (Å²) in [5.41, 5.74) is 24.0. The second-order valence-electron chi connectivity index (χ2n) is 23.5. The van der Waals surface area contributed by atoms with E-state index in [-0.39, 0.29) is 0 Å². The summed E-state index contributed by atoms with van der Waals surface area (Å²) in [6.07, 6.45) is 0. The van der Waals surface area contributed by atoms with Crippen molar-refractivity contribution in [1.82, 2.24) is 18.3 Å². The van der Waals surface area contributed by atoms with Crippen molar-refractivity contribution in [2.75, 3.05) is 0 Å². The van der Waals surface area contributed by atoms with Crippen molar-refractivity contribution in [3.05, 3.63) is 339 Å². The van der Waals surface area contributed by atoms with Crippen molar-refractivity contribution in [3.8, 4) is 79.4 Å². The van der Waals surface area contributed by atoms with Gasteiger partial charge >= 0.3 is 0 Å². The zero-order valence-electron chi connectivity index (χ0n) is 49.9. The Morgan fingerprint density at radius 2 is 0.413 bits per heavy atom. The van der Waals surface area contributed by atoms with Gasteiger partial charge in [0.25, 0.3) is 0 Å². The summed E-state index contributed by atoms with van der Waals surface area (Å²) in [6, 6.07) is 121. The fourth-order valence-corrected chi connectivity index (χ4v) is 14.1. The third-order valence-electron chi connectivity index (χ3n) is 18.2. The molecule has 18 aromatic rings. The van der Waals surface area contributed by atoms with Gasteiger partial charge in [0.15, 0.2) is 0 Å². The molecular weight excluding hydrogens is 1120 g/mol. The van der Waals surface area contributed by atoms with Crippen LogP contribution in [0.5, 0.6) is 0 Å². The molecule has 4 aromatic heterocycles. The number of aromatic nitrogens is 4. The number of benzene rings is 14. The lowest BCUT2D eigenvalue weighted by Gasteiger charge is -2.16. The van der Waals surface area contributed by atoms with Crippen molar-refractivity contribution in [2.24, 2.45) is 0 Å². The van der Waals surface area contributed by atoms with Crippen molar-refractivity contribution >= 4 is 87.2 Å². The Morgan fingerprint density at radius 3 is 0.696 bits per heavy atom. The highest BCUT2D eigenvalue weighted by Crippen LogP contribution is 2.41. The van der Waals surface area contributed by atoms with Crippen LogP contribution in [0.2, 0.25) is 0 Å². The molecule has 0 amide bonds. The largest absolute Gasteiger partial charge is 0.309 e. The van der Waals surface area contributed by atoms with E-state index in [1.54, 1.807) is 0 Å². The van der Waals surface area contributed by atoms with Crippen LogP contribution in [0.1, 0.15) is 11.1 Å². The van der Waals surface area contributed by atoms with Gasteiger partial charge in [-0.25, -0.2) is 0 Å². The molecule has 0 saturated heterocycles. The van der Waals surface area contributed by atoms with E-state index < -0.39 is 0 Å². The maximum Gasteiger partial charge on any atom is 0.0991 e. The summed E-state index contributed by atoms with van der Waals surface area (Å²) >= 11 is 0. The Kier molecular flexibility index (Phi) is 12.9. The molecule has 0 saturated carbocycles. The molecule has 0 atom stereocenters. The van der Waals surface area contributed by atoms with E-state index in [1.807, 2.05) is 42.5 Å². The maximum absolute atomic E-state index is 9.53. The number of nitrogens with zero attached hydrogens (tertiary/aromatic N) is 6.